The maximum atomic E-state index is 3.56. The highest BCUT2D eigenvalue weighted by Crippen LogP contribution is 2.35. The molecule has 3 aromatic rings. The molecule has 0 fully saturated rings. The van der Waals surface area contributed by atoms with Crippen molar-refractivity contribution in [3.8, 4) is 0 Å². The lowest BCUT2D eigenvalue weighted by Crippen LogP contribution is -1.86. The van der Waals surface area contributed by atoms with Crippen molar-refractivity contribution in [3.63, 3.8) is 0 Å². The Kier molecular flexibility index (Phi) is 3.43. The molecule has 1 nitrogen and oxygen atoms in total. The van der Waals surface area contributed by atoms with E-state index in [0.29, 0.717) is 0 Å². The molecule has 0 aliphatic heterocycles. The van der Waals surface area contributed by atoms with E-state index in [1.165, 1.54) is 21.8 Å². The van der Waals surface area contributed by atoms with Crippen LogP contribution in [0.4, 0.5) is 0 Å². The number of halogens is 2. The second-order valence-corrected chi connectivity index (χ2v) is 7.07. The molecule has 0 aliphatic carbocycles. The van der Waals surface area contributed by atoms with Crippen LogP contribution in [0.25, 0.3) is 21.8 Å². The molecule has 4 heteroatoms. The third-order valence-electron chi connectivity index (χ3n) is 2.90. The highest BCUT2D eigenvalue weighted by atomic mass is 79.9. The number of aromatic nitrogens is 1. The number of hydrogen-bond acceptors (Lipinski definition) is 1. The Morgan fingerprint density at radius 1 is 0.944 bits per heavy atom. The molecule has 0 atom stereocenters. The monoisotopic (exact) mass is 383 g/mol. The largest absolute Gasteiger partial charge is 0.283 e. The molecule has 0 bridgehead atoms. The van der Waals surface area contributed by atoms with E-state index in [1.807, 2.05) is 11.9 Å². The predicted molar refractivity (Wildman–Crippen MR) is 88.4 cm³/mol. The van der Waals surface area contributed by atoms with Gasteiger partial charge in [-0.3, -0.25) is 3.97 Å². The van der Waals surface area contributed by atoms with Gasteiger partial charge in [0.15, 0.2) is 0 Å². The smallest absolute Gasteiger partial charge is 0.0605 e. The molecular formula is C14H11Br2NS. The quantitative estimate of drug-likeness (QED) is 0.537. The first kappa shape index (κ1) is 12.6. The van der Waals surface area contributed by atoms with E-state index < -0.39 is 0 Å². The summed E-state index contributed by atoms with van der Waals surface area (Å²) in [5, 5.41) is 2.59. The van der Waals surface area contributed by atoms with Gasteiger partial charge < -0.3 is 0 Å². The van der Waals surface area contributed by atoms with Crippen LogP contribution in [0.3, 0.4) is 0 Å². The summed E-state index contributed by atoms with van der Waals surface area (Å²) >= 11 is 8.95. The highest BCUT2D eigenvalue weighted by molar-refractivity contribution is 9.10. The maximum absolute atomic E-state index is 3.56. The maximum Gasteiger partial charge on any atom is 0.0605 e. The predicted octanol–water partition coefficient (Wildman–Crippen LogP) is 5.84. The highest BCUT2D eigenvalue weighted by Gasteiger charge is 2.11. The van der Waals surface area contributed by atoms with Crippen LogP contribution in [0, 0.1) is 0 Å². The average Bonchev–Trinajstić information content (AvgIpc) is 2.64. The summed E-state index contributed by atoms with van der Waals surface area (Å²) < 4.78 is 4.56. The van der Waals surface area contributed by atoms with Crippen LogP contribution in [0.15, 0.2) is 45.3 Å². The number of rotatable bonds is 2. The normalized spacial score (nSPS) is 11.5. The molecule has 0 N–H and O–H groups in total. The van der Waals surface area contributed by atoms with Crippen LogP contribution in [0.5, 0.6) is 0 Å². The minimum absolute atomic E-state index is 1.06. The van der Waals surface area contributed by atoms with E-state index in [-0.39, 0.29) is 0 Å². The fraction of sp³-hybridized carbons (Fsp3) is 0.143. The van der Waals surface area contributed by atoms with Gasteiger partial charge in [0.2, 0.25) is 0 Å². The van der Waals surface area contributed by atoms with Gasteiger partial charge in [0.1, 0.15) is 0 Å². The van der Waals surface area contributed by atoms with Gasteiger partial charge in [0, 0.05) is 25.5 Å². The van der Waals surface area contributed by atoms with Crippen LogP contribution < -0.4 is 0 Å². The van der Waals surface area contributed by atoms with Crippen molar-refractivity contribution < 1.29 is 0 Å². The third kappa shape index (κ3) is 2.00. The Labute approximate surface area is 127 Å². The van der Waals surface area contributed by atoms with Crippen LogP contribution in [-0.2, 0) is 0 Å². The van der Waals surface area contributed by atoms with Crippen molar-refractivity contribution >= 4 is 65.6 Å². The van der Waals surface area contributed by atoms with E-state index in [1.54, 1.807) is 0 Å². The van der Waals surface area contributed by atoms with Crippen molar-refractivity contribution in [2.75, 3.05) is 5.75 Å². The van der Waals surface area contributed by atoms with Crippen molar-refractivity contribution in [2.45, 2.75) is 6.92 Å². The SMILES string of the molecule is CCSn1c2ccc(Br)cc2c2cc(Br)ccc21. The standard InChI is InChI=1S/C14H11Br2NS/c1-2-18-17-13-5-3-9(15)7-11(13)12-8-10(16)4-6-14(12)17/h3-8H,2H2,1H3. The summed E-state index contributed by atoms with van der Waals surface area (Å²) in [6.07, 6.45) is 0. The van der Waals surface area contributed by atoms with Gasteiger partial charge in [-0.1, -0.05) is 38.8 Å². The van der Waals surface area contributed by atoms with Gasteiger partial charge in [0.05, 0.1) is 11.0 Å². The second kappa shape index (κ2) is 4.91. The summed E-state index contributed by atoms with van der Waals surface area (Å²) in [6, 6.07) is 12.9. The molecule has 2 aromatic carbocycles. The van der Waals surface area contributed by atoms with Crippen LogP contribution in [0.2, 0.25) is 0 Å². The van der Waals surface area contributed by atoms with Gasteiger partial charge in [0.25, 0.3) is 0 Å². The van der Waals surface area contributed by atoms with Crippen molar-refractivity contribution in [2.24, 2.45) is 0 Å². The molecule has 0 unspecified atom stereocenters. The molecule has 92 valence electrons. The number of benzene rings is 2. The van der Waals surface area contributed by atoms with Gasteiger partial charge in [-0.2, -0.15) is 0 Å². The van der Waals surface area contributed by atoms with Gasteiger partial charge in [-0.25, -0.2) is 0 Å². The Balaban J connectivity index is 2.48. The van der Waals surface area contributed by atoms with E-state index in [4.69, 9.17) is 0 Å². The van der Waals surface area contributed by atoms with E-state index in [0.717, 1.165) is 14.7 Å². The van der Waals surface area contributed by atoms with E-state index >= 15 is 0 Å². The Hall–Kier alpha value is -0.450. The molecule has 0 amide bonds. The summed E-state index contributed by atoms with van der Waals surface area (Å²) in [5.41, 5.74) is 2.55. The fourth-order valence-electron chi connectivity index (χ4n) is 2.20. The first-order valence-corrected chi connectivity index (χ1v) is 8.26. The summed E-state index contributed by atoms with van der Waals surface area (Å²) in [7, 11) is 0. The van der Waals surface area contributed by atoms with Crippen molar-refractivity contribution in [1.82, 2.24) is 3.97 Å². The topological polar surface area (TPSA) is 4.93 Å². The Bertz CT molecular complexity index is 674. The number of nitrogens with zero attached hydrogens (tertiary/aromatic N) is 1. The van der Waals surface area contributed by atoms with Gasteiger partial charge in [-0.15, -0.1) is 0 Å². The van der Waals surface area contributed by atoms with Crippen LogP contribution >= 0.6 is 43.8 Å². The lowest BCUT2D eigenvalue weighted by Gasteiger charge is -2.03. The average molecular weight is 385 g/mol. The summed E-state index contributed by atoms with van der Waals surface area (Å²) in [4.78, 5) is 0. The molecule has 18 heavy (non-hydrogen) atoms. The van der Waals surface area contributed by atoms with Crippen molar-refractivity contribution in [3.05, 3.63) is 45.3 Å². The molecule has 1 aromatic heterocycles. The molecule has 0 aliphatic rings. The zero-order valence-corrected chi connectivity index (χ0v) is 13.8. The van der Waals surface area contributed by atoms with Crippen molar-refractivity contribution in [1.29, 1.82) is 0 Å². The molecule has 1 heterocycles. The molecule has 0 spiro atoms. The number of fused-ring (bicyclic) bond motifs is 3. The second-order valence-electron chi connectivity index (χ2n) is 4.04. The third-order valence-corrected chi connectivity index (χ3v) is 4.80. The van der Waals surface area contributed by atoms with Gasteiger partial charge >= 0.3 is 0 Å². The minimum Gasteiger partial charge on any atom is -0.283 e. The van der Waals surface area contributed by atoms with E-state index in [2.05, 4.69) is 79.2 Å². The van der Waals surface area contributed by atoms with Gasteiger partial charge in [-0.05, 0) is 48.3 Å². The molecular weight excluding hydrogens is 374 g/mol. The van der Waals surface area contributed by atoms with Crippen LogP contribution in [-0.4, -0.2) is 9.73 Å². The van der Waals surface area contributed by atoms with Crippen LogP contribution in [0.1, 0.15) is 6.92 Å². The minimum atomic E-state index is 1.06. The Morgan fingerprint density at radius 3 is 1.89 bits per heavy atom. The lowest BCUT2D eigenvalue weighted by atomic mass is 10.2. The zero-order chi connectivity index (χ0) is 12.7. The summed E-state index contributed by atoms with van der Waals surface area (Å²) in [5.74, 6) is 1.06. The molecule has 0 radical (unpaired) electrons. The van der Waals surface area contributed by atoms with E-state index in [9.17, 15) is 0 Å². The Morgan fingerprint density at radius 2 is 1.44 bits per heavy atom. The molecule has 0 saturated heterocycles. The molecule has 0 saturated carbocycles. The number of hydrogen-bond donors (Lipinski definition) is 0. The first-order valence-electron chi connectivity index (χ1n) is 5.73. The summed E-state index contributed by atoms with van der Waals surface area (Å²) in [6.45, 7) is 2.18. The first-order chi connectivity index (χ1) is 8.70. The lowest BCUT2D eigenvalue weighted by molar-refractivity contribution is 1.38. The molecule has 3 rings (SSSR count). The fourth-order valence-corrected chi connectivity index (χ4v) is 3.78. The zero-order valence-electron chi connectivity index (χ0n) is 9.78.